The number of nitrogens with one attached hydrogen (secondary N) is 1. The van der Waals surface area contributed by atoms with E-state index in [0.29, 0.717) is 53.8 Å². The summed E-state index contributed by atoms with van der Waals surface area (Å²) in [7, 11) is 0. The van der Waals surface area contributed by atoms with Gasteiger partial charge in [0.25, 0.3) is 5.56 Å². The van der Waals surface area contributed by atoms with Crippen molar-refractivity contribution in [2.45, 2.75) is 44.8 Å². The quantitative estimate of drug-likeness (QED) is 0.233. The largest absolute Gasteiger partial charge is 0.353 e. The van der Waals surface area contributed by atoms with Crippen LogP contribution in [0.5, 0.6) is 0 Å². The Labute approximate surface area is 202 Å². The Bertz CT molecular complexity index is 1130. The molecule has 0 radical (unpaired) electrons. The maximum Gasteiger partial charge on any atom is 0.262 e. The molecule has 0 saturated carbocycles. The van der Waals surface area contributed by atoms with Gasteiger partial charge >= 0.3 is 0 Å². The summed E-state index contributed by atoms with van der Waals surface area (Å²) in [5.74, 6) is -0.0503. The van der Waals surface area contributed by atoms with E-state index in [4.69, 9.17) is 21.1 Å². The van der Waals surface area contributed by atoms with E-state index >= 15 is 0 Å². The zero-order chi connectivity index (χ0) is 23.6. The summed E-state index contributed by atoms with van der Waals surface area (Å²) in [5, 5.41) is 4.49. The average Bonchev–Trinajstić information content (AvgIpc) is 2.82. The Morgan fingerprint density at radius 3 is 2.55 bits per heavy atom. The number of carbonyl (C=O) groups is 1. The summed E-state index contributed by atoms with van der Waals surface area (Å²) < 4.78 is 12.8. The highest BCUT2D eigenvalue weighted by Gasteiger charge is 2.16. The molecule has 0 fully saturated rings. The number of ether oxygens (including phenoxy) is 2. The van der Waals surface area contributed by atoms with Gasteiger partial charge in [0.1, 0.15) is 0 Å². The van der Waals surface area contributed by atoms with Gasteiger partial charge in [-0.2, -0.15) is 0 Å². The Morgan fingerprint density at radius 2 is 1.82 bits per heavy atom. The molecule has 1 aromatic heterocycles. The molecule has 3 rings (SSSR count). The topological polar surface area (TPSA) is 82.5 Å². The Hall–Kier alpha value is -2.39. The van der Waals surface area contributed by atoms with Gasteiger partial charge in [-0.3, -0.25) is 14.2 Å². The Balaban J connectivity index is 1.74. The molecule has 0 spiro atoms. The predicted molar refractivity (Wildman–Crippen MR) is 132 cm³/mol. The number of amides is 1. The van der Waals surface area contributed by atoms with Crippen molar-refractivity contribution in [3.05, 3.63) is 69.5 Å². The standard InChI is InChI=1S/C24H28ClN3O4S/c1-3-31-22(32-4-2)13-14-28-23(30)18-10-6-8-12-20(18)27-24(28)33-16-21(29)26-15-17-9-5-7-11-19(17)25/h5-12,22H,3-4,13-16H2,1-2H3,(H,26,29). The van der Waals surface area contributed by atoms with Gasteiger partial charge in [-0.15, -0.1) is 0 Å². The molecule has 9 heteroatoms. The van der Waals surface area contributed by atoms with E-state index in [1.165, 1.54) is 11.8 Å². The van der Waals surface area contributed by atoms with Crippen molar-refractivity contribution < 1.29 is 14.3 Å². The van der Waals surface area contributed by atoms with Crippen LogP contribution in [0, 0.1) is 0 Å². The lowest BCUT2D eigenvalue weighted by atomic mass is 10.2. The van der Waals surface area contributed by atoms with Crippen molar-refractivity contribution in [3.8, 4) is 0 Å². The third-order valence-electron chi connectivity index (χ3n) is 4.89. The highest BCUT2D eigenvalue weighted by molar-refractivity contribution is 7.99. The second kappa shape index (κ2) is 12.7. The minimum Gasteiger partial charge on any atom is -0.353 e. The summed E-state index contributed by atoms with van der Waals surface area (Å²) in [6.45, 7) is 5.54. The highest BCUT2D eigenvalue weighted by Crippen LogP contribution is 2.19. The van der Waals surface area contributed by atoms with E-state index < -0.39 is 6.29 Å². The lowest BCUT2D eigenvalue weighted by Crippen LogP contribution is -2.28. The lowest BCUT2D eigenvalue weighted by Gasteiger charge is -2.19. The molecule has 0 saturated heterocycles. The molecule has 0 aliphatic carbocycles. The van der Waals surface area contributed by atoms with E-state index in [1.807, 2.05) is 44.2 Å². The number of hydrogen-bond donors (Lipinski definition) is 1. The molecule has 33 heavy (non-hydrogen) atoms. The summed E-state index contributed by atoms with van der Waals surface area (Å²) in [4.78, 5) is 30.3. The number of nitrogens with zero attached hydrogens (tertiary/aromatic N) is 2. The van der Waals surface area contributed by atoms with E-state index in [2.05, 4.69) is 10.3 Å². The van der Waals surface area contributed by atoms with E-state index in [1.54, 1.807) is 22.8 Å². The zero-order valence-electron chi connectivity index (χ0n) is 18.8. The second-order valence-corrected chi connectivity index (χ2v) is 8.50. The molecule has 0 bridgehead atoms. The van der Waals surface area contributed by atoms with Crippen LogP contribution >= 0.6 is 23.4 Å². The number of rotatable bonds is 12. The van der Waals surface area contributed by atoms with Crippen LogP contribution in [-0.2, 0) is 27.4 Å². The van der Waals surface area contributed by atoms with Crippen LogP contribution in [0.15, 0.2) is 58.5 Å². The lowest BCUT2D eigenvalue weighted by molar-refractivity contribution is -0.141. The molecule has 7 nitrogen and oxygen atoms in total. The molecule has 0 unspecified atom stereocenters. The minimum absolute atomic E-state index is 0.121. The molecule has 2 aromatic carbocycles. The monoisotopic (exact) mass is 489 g/mol. The van der Waals surface area contributed by atoms with Crippen LogP contribution in [0.3, 0.4) is 0 Å². The molecular weight excluding hydrogens is 462 g/mol. The molecule has 0 atom stereocenters. The summed E-state index contributed by atoms with van der Waals surface area (Å²) in [6.07, 6.45) is 0.0866. The fourth-order valence-corrected chi connectivity index (χ4v) is 4.35. The first kappa shape index (κ1) is 25.2. The van der Waals surface area contributed by atoms with E-state index in [0.717, 1.165) is 5.56 Å². The molecule has 3 aromatic rings. The van der Waals surface area contributed by atoms with Crippen molar-refractivity contribution in [1.82, 2.24) is 14.9 Å². The first-order chi connectivity index (χ1) is 16.0. The molecule has 176 valence electrons. The van der Waals surface area contributed by atoms with Gasteiger partial charge in [-0.05, 0) is 37.6 Å². The molecule has 1 N–H and O–H groups in total. The minimum atomic E-state index is -0.407. The van der Waals surface area contributed by atoms with E-state index in [9.17, 15) is 9.59 Å². The van der Waals surface area contributed by atoms with Gasteiger partial charge < -0.3 is 14.8 Å². The van der Waals surface area contributed by atoms with Gasteiger partial charge in [0.05, 0.1) is 16.7 Å². The maximum absolute atomic E-state index is 13.2. The molecular formula is C24H28ClN3O4S. The van der Waals surface area contributed by atoms with Crippen LogP contribution in [0.4, 0.5) is 0 Å². The van der Waals surface area contributed by atoms with Gasteiger partial charge in [0.15, 0.2) is 11.4 Å². The SMILES string of the molecule is CCOC(CCn1c(SCC(=O)NCc2ccccc2Cl)nc2ccccc2c1=O)OCC. The number of halogens is 1. The van der Waals surface area contributed by atoms with Crippen LogP contribution < -0.4 is 10.9 Å². The number of hydrogen-bond acceptors (Lipinski definition) is 6. The van der Waals surface area contributed by atoms with Gasteiger partial charge in [0, 0.05) is 37.7 Å². The Kier molecular flexibility index (Phi) is 9.75. The highest BCUT2D eigenvalue weighted by atomic mass is 35.5. The predicted octanol–water partition coefficient (Wildman–Crippen LogP) is 4.25. The van der Waals surface area contributed by atoms with Crippen LogP contribution in [0.25, 0.3) is 10.9 Å². The summed E-state index contributed by atoms with van der Waals surface area (Å²) >= 11 is 7.38. The van der Waals surface area contributed by atoms with Crippen LogP contribution in [-0.4, -0.2) is 40.7 Å². The van der Waals surface area contributed by atoms with Crippen LogP contribution in [0.1, 0.15) is 25.8 Å². The van der Waals surface area contributed by atoms with Crippen molar-refractivity contribution in [2.75, 3.05) is 19.0 Å². The average molecular weight is 490 g/mol. The zero-order valence-corrected chi connectivity index (χ0v) is 20.3. The molecule has 1 amide bonds. The number of para-hydroxylation sites is 1. The summed E-state index contributed by atoms with van der Waals surface area (Å²) in [6, 6.07) is 14.6. The number of carbonyl (C=O) groups excluding carboxylic acids is 1. The third-order valence-corrected chi connectivity index (χ3v) is 6.23. The van der Waals surface area contributed by atoms with Gasteiger partial charge in [-0.1, -0.05) is 53.7 Å². The van der Waals surface area contributed by atoms with Crippen molar-refractivity contribution in [1.29, 1.82) is 0 Å². The van der Waals surface area contributed by atoms with Crippen LogP contribution in [0.2, 0.25) is 5.02 Å². The molecule has 1 heterocycles. The second-order valence-electron chi connectivity index (χ2n) is 7.15. The normalized spacial score (nSPS) is 11.3. The fraction of sp³-hybridized carbons (Fsp3) is 0.375. The number of thioether (sulfide) groups is 1. The van der Waals surface area contributed by atoms with E-state index in [-0.39, 0.29) is 17.2 Å². The number of fused-ring (bicyclic) bond motifs is 1. The smallest absolute Gasteiger partial charge is 0.262 e. The van der Waals surface area contributed by atoms with Gasteiger partial charge in [0.2, 0.25) is 5.91 Å². The number of aromatic nitrogens is 2. The molecule has 0 aliphatic rings. The summed E-state index contributed by atoms with van der Waals surface area (Å²) in [5.41, 5.74) is 1.30. The van der Waals surface area contributed by atoms with Gasteiger partial charge in [-0.25, -0.2) is 4.98 Å². The number of benzene rings is 2. The Morgan fingerprint density at radius 1 is 1.12 bits per heavy atom. The fourth-order valence-electron chi connectivity index (χ4n) is 3.29. The third kappa shape index (κ3) is 7.04. The van der Waals surface area contributed by atoms with Crippen molar-refractivity contribution in [2.24, 2.45) is 0 Å². The maximum atomic E-state index is 13.2. The van der Waals surface area contributed by atoms with Crippen molar-refractivity contribution in [3.63, 3.8) is 0 Å². The first-order valence-electron chi connectivity index (χ1n) is 10.9. The first-order valence-corrected chi connectivity index (χ1v) is 12.3. The van der Waals surface area contributed by atoms with Crippen molar-refractivity contribution >= 4 is 40.2 Å². The molecule has 0 aliphatic heterocycles.